The monoisotopic (exact) mass is 578 g/mol. The fraction of sp³-hybridized carbons (Fsp3) is 0.185. The van der Waals surface area contributed by atoms with E-state index in [1.807, 2.05) is 0 Å². The van der Waals surface area contributed by atoms with Crippen LogP contribution in [0, 0.1) is 5.82 Å². The quantitative estimate of drug-likeness (QED) is 0.260. The molecule has 0 saturated heterocycles. The van der Waals surface area contributed by atoms with Crippen molar-refractivity contribution in [1.29, 1.82) is 0 Å². The number of fused-ring (bicyclic) bond motifs is 1. The number of hydrogen-bond donors (Lipinski definition) is 2. The van der Waals surface area contributed by atoms with Crippen LogP contribution in [0.1, 0.15) is 27.1 Å². The predicted octanol–water partition coefficient (Wildman–Crippen LogP) is 5.68. The average molecular weight is 579 g/mol. The minimum absolute atomic E-state index is 0.00694. The number of aromatic carboxylic acids is 1. The summed E-state index contributed by atoms with van der Waals surface area (Å²) in [6, 6.07) is 13.0. The number of anilines is 1. The molecular formula is C27H22F4N2O6S. The Kier molecular flexibility index (Phi) is 7.61. The number of benzene rings is 3. The van der Waals surface area contributed by atoms with Crippen LogP contribution in [0.2, 0.25) is 0 Å². The largest absolute Gasteiger partial charge is 0.478 e. The highest BCUT2D eigenvalue weighted by Gasteiger charge is 2.32. The Morgan fingerprint density at radius 3 is 2.27 bits per heavy atom. The number of alkyl halides is 3. The van der Waals surface area contributed by atoms with Crippen LogP contribution >= 0.6 is 0 Å². The molecule has 1 amide bonds. The van der Waals surface area contributed by atoms with Crippen molar-refractivity contribution in [3.8, 4) is 22.5 Å². The molecule has 2 N–H and O–H groups in total. The van der Waals surface area contributed by atoms with Crippen molar-refractivity contribution in [1.82, 2.24) is 5.32 Å². The van der Waals surface area contributed by atoms with Crippen molar-refractivity contribution in [3.63, 3.8) is 0 Å². The molecule has 0 fully saturated rings. The molecule has 0 saturated carbocycles. The lowest BCUT2D eigenvalue weighted by Crippen LogP contribution is -2.33. The first-order valence-corrected chi connectivity index (χ1v) is 13.5. The van der Waals surface area contributed by atoms with Crippen molar-refractivity contribution in [2.45, 2.75) is 12.6 Å². The molecule has 40 heavy (non-hydrogen) atoms. The van der Waals surface area contributed by atoms with Crippen molar-refractivity contribution in [2.24, 2.45) is 0 Å². The summed E-state index contributed by atoms with van der Waals surface area (Å²) in [7, 11) is -2.93. The van der Waals surface area contributed by atoms with E-state index in [9.17, 15) is 40.7 Å². The molecule has 13 heteroatoms. The fourth-order valence-electron chi connectivity index (χ4n) is 4.24. The van der Waals surface area contributed by atoms with Gasteiger partial charge < -0.3 is 14.8 Å². The second kappa shape index (κ2) is 10.6. The third-order valence-corrected chi connectivity index (χ3v) is 7.23. The van der Waals surface area contributed by atoms with Gasteiger partial charge in [-0.25, -0.2) is 17.6 Å². The Balaban J connectivity index is 2.08. The van der Waals surface area contributed by atoms with Gasteiger partial charge in [0.2, 0.25) is 10.0 Å². The third-order valence-electron chi connectivity index (χ3n) is 6.05. The van der Waals surface area contributed by atoms with E-state index in [0.29, 0.717) is 9.87 Å². The maximum absolute atomic E-state index is 13.6. The van der Waals surface area contributed by atoms with E-state index in [2.05, 4.69) is 5.32 Å². The molecule has 0 unspecified atom stereocenters. The number of sulfonamides is 1. The molecule has 1 heterocycles. The molecular weight excluding hydrogens is 556 g/mol. The van der Waals surface area contributed by atoms with Crippen LogP contribution < -0.4 is 9.62 Å². The lowest BCUT2D eigenvalue weighted by molar-refractivity contribution is -0.131. The van der Waals surface area contributed by atoms with Gasteiger partial charge in [0.15, 0.2) is 0 Å². The van der Waals surface area contributed by atoms with Crippen LogP contribution in [0.3, 0.4) is 0 Å². The minimum atomic E-state index is -4.68. The molecule has 4 aromatic rings. The van der Waals surface area contributed by atoms with Gasteiger partial charge in [-0.1, -0.05) is 12.1 Å². The topological polar surface area (TPSA) is 117 Å². The van der Waals surface area contributed by atoms with Crippen molar-refractivity contribution < 1.29 is 45.1 Å². The summed E-state index contributed by atoms with van der Waals surface area (Å²) in [5.74, 6) is -2.42. The number of nitrogens with zero attached hydrogens (tertiary/aromatic N) is 1. The molecule has 1 aromatic heterocycles. The Hall–Kier alpha value is -4.39. The molecule has 0 aliphatic heterocycles. The van der Waals surface area contributed by atoms with Crippen molar-refractivity contribution in [3.05, 3.63) is 77.6 Å². The summed E-state index contributed by atoms with van der Waals surface area (Å²) >= 11 is 0. The summed E-state index contributed by atoms with van der Waals surface area (Å²) in [5, 5.41) is 12.1. The van der Waals surface area contributed by atoms with Crippen molar-refractivity contribution >= 4 is 38.6 Å². The highest BCUT2D eigenvalue weighted by molar-refractivity contribution is 7.92. The van der Waals surface area contributed by atoms with Gasteiger partial charge in [-0.2, -0.15) is 13.2 Å². The van der Waals surface area contributed by atoms with E-state index in [4.69, 9.17) is 4.42 Å². The maximum atomic E-state index is 13.6. The smallest absolute Gasteiger partial charge is 0.390 e. The van der Waals surface area contributed by atoms with E-state index < -0.39 is 46.9 Å². The summed E-state index contributed by atoms with van der Waals surface area (Å²) in [5.41, 5.74) is 0.119. The standard InChI is InChI=1S/C27H22F4N2O6S/c1-32-25(34)23-20-13-19(16-4-3-5-17(12-16)26(35)36)21(33(40(2,37)38)11-10-27(29,30)31)14-22(20)39-24(23)15-6-8-18(28)9-7-15/h3-9,12-14H,10-11H2,1-2H3,(H,32,34)(H,35,36). The number of nitrogens with one attached hydrogen (secondary N) is 1. The van der Waals surface area contributed by atoms with Crippen LogP contribution in [0.4, 0.5) is 23.2 Å². The molecule has 0 bridgehead atoms. The van der Waals surface area contributed by atoms with Gasteiger partial charge in [-0.05, 0) is 48.0 Å². The number of carbonyl (C=O) groups excluding carboxylic acids is 1. The number of halogens is 4. The lowest BCUT2D eigenvalue weighted by Gasteiger charge is -2.26. The molecule has 0 aliphatic rings. The van der Waals surface area contributed by atoms with Crippen molar-refractivity contribution in [2.75, 3.05) is 24.2 Å². The highest BCUT2D eigenvalue weighted by atomic mass is 32.2. The molecule has 4 rings (SSSR count). The summed E-state index contributed by atoms with van der Waals surface area (Å²) in [6.45, 7) is -0.965. The normalized spacial score (nSPS) is 11.9. The van der Waals surface area contributed by atoms with Gasteiger partial charge in [0.1, 0.15) is 17.2 Å². The molecule has 0 radical (unpaired) electrons. The van der Waals surface area contributed by atoms with E-state index in [-0.39, 0.29) is 44.7 Å². The van der Waals surface area contributed by atoms with E-state index in [1.54, 1.807) is 0 Å². The van der Waals surface area contributed by atoms with E-state index >= 15 is 0 Å². The predicted molar refractivity (Wildman–Crippen MR) is 140 cm³/mol. The third kappa shape index (κ3) is 5.93. The molecule has 0 spiro atoms. The van der Waals surface area contributed by atoms with Gasteiger partial charge in [0.05, 0.1) is 29.5 Å². The van der Waals surface area contributed by atoms with Crippen LogP contribution in [0.5, 0.6) is 0 Å². The van der Waals surface area contributed by atoms with Gasteiger partial charge >= 0.3 is 12.1 Å². The van der Waals surface area contributed by atoms with Crippen LogP contribution in [-0.2, 0) is 10.0 Å². The van der Waals surface area contributed by atoms with Crippen LogP contribution in [-0.4, -0.2) is 51.4 Å². The number of amides is 1. The number of rotatable bonds is 8. The first-order valence-electron chi connectivity index (χ1n) is 11.7. The highest BCUT2D eigenvalue weighted by Crippen LogP contribution is 2.42. The van der Waals surface area contributed by atoms with Gasteiger partial charge in [0.25, 0.3) is 5.91 Å². The second-order valence-electron chi connectivity index (χ2n) is 8.84. The van der Waals surface area contributed by atoms with E-state index in [0.717, 1.165) is 18.4 Å². The Labute approximate surface area is 225 Å². The lowest BCUT2D eigenvalue weighted by atomic mass is 9.97. The zero-order chi connectivity index (χ0) is 29.4. The maximum Gasteiger partial charge on any atom is 0.390 e. The average Bonchev–Trinajstić information content (AvgIpc) is 3.25. The molecule has 210 valence electrons. The number of carboxylic acid groups (broad SMARTS) is 1. The Morgan fingerprint density at radius 1 is 1.02 bits per heavy atom. The summed E-state index contributed by atoms with van der Waals surface area (Å²) in [4.78, 5) is 24.6. The SMILES string of the molecule is CNC(=O)c1c(-c2ccc(F)cc2)oc2cc(N(CCC(F)(F)F)S(C)(=O)=O)c(-c3cccc(C(=O)O)c3)cc12. The zero-order valence-electron chi connectivity index (χ0n) is 21.0. The zero-order valence-corrected chi connectivity index (χ0v) is 21.9. The minimum Gasteiger partial charge on any atom is -0.478 e. The molecule has 3 aromatic carbocycles. The number of hydrogen-bond acceptors (Lipinski definition) is 5. The van der Waals surface area contributed by atoms with E-state index in [1.165, 1.54) is 55.6 Å². The second-order valence-corrected chi connectivity index (χ2v) is 10.8. The molecule has 8 nitrogen and oxygen atoms in total. The van der Waals surface area contributed by atoms with Gasteiger partial charge in [0, 0.05) is 36.2 Å². The number of furan rings is 1. The molecule has 0 atom stereocenters. The van der Waals surface area contributed by atoms with Crippen LogP contribution in [0.15, 0.2) is 65.1 Å². The Bertz CT molecular complexity index is 1710. The summed E-state index contributed by atoms with van der Waals surface area (Å²) < 4.78 is 85.1. The van der Waals surface area contributed by atoms with Crippen LogP contribution in [0.25, 0.3) is 33.4 Å². The first kappa shape index (κ1) is 28.6. The van der Waals surface area contributed by atoms with Gasteiger partial charge in [-0.15, -0.1) is 0 Å². The number of carboxylic acids is 1. The van der Waals surface area contributed by atoms with Gasteiger partial charge in [-0.3, -0.25) is 9.10 Å². The first-order chi connectivity index (χ1) is 18.7. The molecule has 0 aliphatic carbocycles. The number of carbonyl (C=O) groups is 2. The summed E-state index contributed by atoms with van der Waals surface area (Å²) in [6.07, 6.45) is -5.40. The Morgan fingerprint density at radius 2 is 1.70 bits per heavy atom. The fourth-order valence-corrected chi connectivity index (χ4v) is 5.17.